The Morgan fingerprint density at radius 3 is 2.22 bits per heavy atom. The van der Waals surface area contributed by atoms with Crippen LogP contribution in [0.15, 0.2) is 41.6 Å². The number of hydrogen-bond donors (Lipinski definition) is 2. The van der Waals surface area contributed by atoms with Crippen molar-refractivity contribution in [3.05, 3.63) is 47.2 Å². The fraction of sp³-hybridized carbons (Fsp3) is 0.522. The van der Waals surface area contributed by atoms with E-state index in [2.05, 4.69) is 5.32 Å². The van der Waals surface area contributed by atoms with E-state index in [1.54, 1.807) is 20.8 Å². The van der Waals surface area contributed by atoms with Crippen molar-refractivity contribution in [2.24, 2.45) is 0 Å². The van der Waals surface area contributed by atoms with Gasteiger partial charge in [-0.25, -0.2) is 4.79 Å². The molecule has 0 saturated carbocycles. The first-order chi connectivity index (χ1) is 15.1. The molecule has 1 aliphatic heterocycles. The van der Waals surface area contributed by atoms with Gasteiger partial charge >= 0.3 is 5.97 Å². The number of nitrogens with zero attached hydrogens (tertiary/aromatic N) is 1. The summed E-state index contributed by atoms with van der Waals surface area (Å²) in [5, 5.41) is 12.3. The van der Waals surface area contributed by atoms with E-state index in [-0.39, 0.29) is 24.6 Å². The van der Waals surface area contributed by atoms with Gasteiger partial charge in [-0.15, -0.1) is 0 Å². The molecule has 1 heterocycles. The highest BCUT2D eigenvalue weighted by Crippen LogP contribution is 2.30. The van der Waals surface area contributed by atoms with E-state index in [4.69, 9.17) is 14.2 Å². The summed E-state index contributed by atoms with van der Waals surface area (Å²) in [5.41, 5.74) is 1.05. The number of rotatable bonds is 12. The Bertz CT molecular complexity index is 843. The molecule has 0 unspecified atom stereocenters. The van der Waals surface area contributed by atoms with Crippen LogP contribution in [0.25, 0.3) is 0 Å². The molecular weight excluding hydrogens is 416 g/mol. The monoisotopic (exact) mass is 448 g/mol. The van der Waals surface area contributed by atoms with Crippen LogP contribution in [0, 0.1) is 0 Å². The Morgan fingerprint density at radius 2 is 1.72 bits per heavy atom. The van der Waals surface area contributed by atoms with Crippen molar-refractivity contribution in [3.8, 4) is 0 Å². The molecule has 1 aliphatic rings. The van der Waals surface area contributed by atoms with Gasteiger partial charge in [0.2, 0.25) is 5.91 Å². The van der Waals surface area contributed by atoms with Gasteiger partial charge in [-0.1, -0.05) is 30.3 Å². The maximum absolute atomic E-state index is 12.9. The Balaban J connectivity index is 2.21. The smallest absolute Gasteiger partial charge is 0.352 e. The number of aliphatic carboxylic acids is 1. The lowest BCUT2D eigenvalue weighted by molar-refractivity contribution is -0.266. The molecule has 0 aromatic heterocycles. The lowest BCUT2D eigenvalue weighted by Crippen LogP contribution is -2.72. The summed E-state index contributed by atoms with van der Waals surface area (Å²) in [7, 11) is 0. The summed E-state index contributed by atoms with van der Waals surface area (Å²) >= 11 is 0. The zero-order valence-electron chi connectivity index (χ0n) is 19.2. The van der Waals surface area contributed by atoms with Gasteiger partial charge in [-0.2, -0.15) is 0 Å². The molecule has 1 fully saturated rings. The molecule has 2 amide bonds. The summed E-state index contributed by atoms with van der Waals surface area (Å²) in [6.07, 6.45) is -0.926. The van der Waals surface area contributed by atoms with E-state index in [0.29, 0.717) is 18.8 Å². The molecule has 1 aromatic carbocycles. The number of likely N-dealkylation sites (tertiary alicyclic amines) is 1. The molecule has 2 atom stereocenters. The number of carbonyl (C=O) groups is 3. The standard InChI is InChI=1S/C23H32N2O7/c1-6-31-23(5,32-7-2)14-30-21-18(20(27)25(21)19(15(3)4)22(28)29)24-17(26)13-16-11-9-8-10-12-16/h8-12,18,21H,6-7,13-14H2,1-5H3,(H,24,26)(H,28,29)/t18-,21-/m0/s1. The second-order valence-corrected chi connectivity index (χ2v) is 7.77. The van der Waals surface area contributed by atoms with E-state index < -0.39 is 29.9 Å². The third-order valence-corrected chi connectivity index (χ3v) is 4.90. The Kier molecular flexibility index (Phi) is 8.94. The average molecular weight is 449 g/mol. The normalized spacial score (nSPS) is 18.2. The van der Waals surface area contributed by atoms with Crippen molar-refractivity contribution in [2.75, 3.05) is 19.8 Å². The lowest BCUT2D eigenvalue weighted by atomic mass is 10.0. The highest BCUT2D eigenvalue weighted by molar-refractivity contribution is 6.00. The molecule has 0 aliphatic carbocycles. The molecule has 9 nitrogen and oxygen atoms in total. The molecule has 0 spiro atoms. The van der Waals surface area contributed by atoms with Crippen LogP contribution < -0.4 is 5.32 Å². The van der Waals surface area contributed by atoms with Gasteiger partial charge in [0.1, 0.15) is 12.3 Å². The Morgan fingerprint density at radius 1 is 1.12 bits per heavy atom. The van der Waals surface area contributed by atoms with E-state index in [1.807, 2.05) is 44.2 Å². The molecule has 2 rings (SSSR count). The lowest BCUT2D eigenvalue weighted by Gasteiger charge is -2.47. The van der Waals surface area contributed by atoms with Crippen LogP contribution in [0.2, 0.25) is 0 Å². The Hall–Kier alpha value is -2.75. The number of β-lactam (4-membered cyclic amide) rings is 1. The maximum atomic E-state index is 12.9. The molecule has 0 radical (unpaired) electrons. The minimum atomic E-state index is -1.25. The molecule has 1 aromatic rings. The van der Waals surface area contributed by atoms with E-state index in [1.165, 1.54) is 0 Å². The first-order valence-corrected chi connectivity index (χ1v) is 10.6. The first kappa shape index (κ1) is 25.5. The quantitative estimate of drug-likeness (QED) is 0.286. The topological polar surface area (TPSA) is 114 Å². The van der Waals surface area contributed by atoms with Crippen LogP contribution in [0.1, 0.15) is 40.2 Å². The van der Waals surface area contributed by atoms with Crippen LogP contribution in [-0.4, -0.2) is 65.7 Å². The number of carbonyl (C=O) groups excluding carboxylic acids is 2. The predicted octanol–water partition coefficient (Wildman–Crippen LogP) is 2.07. The maximum Gasteiger partial charge on any atom is 0.352 e. The van der Waals surface area contributed by atoms with E-state index in [9.17, 15) is 19.5 Å². The molecular formula is C23H32N2O7. The molecule has 1 saturated heterocycles. The second kappa shape index (κ2) is 11.2. The van der Waals surface area contributed by atoms with Gasteiger partial charge in [-0.05, 0) is 45.8 Å². The molecule has 176 valence electrons. The SMILES string of the molecule is CCOC(C)(CO[C@H]1[C@@H](NC(=O)Cc2ccccc2)C(=O)N1C(C(=O)O)=C(C)C)OCC. The van der Waals surface area contributed by atoms with Gasteiger partial charge in [0, 0.05) is 13.2 Å². The molecule has 0 bridgehead atoms. The summed E-state index contributed by atoms with van der Waals surface area (Å²) in [6, 6.07) is 8.09. The van der Waals surface area contributed by atoms with Gasteiger partial charge in [-0.3, -0.25) is 14.5 Å². The van der Waals surface area contributed by atoms with Crippen LogP contribution in [0.3, 0.4) is 0 Å². The number of nitrogens with one attached hydrogen (secondary N) is 1. The fourth-order valence-corrected chi connectivity index (χ4v) is 3.54. The largest absolute Gasteiger partial charge is 0.477 e. The third kappa shape index (κ3) is 6.15. The van der Waals surface area contributed by atoms with Crippen molar-refractivity contribution in [1.82, 2.24) is 10.2 Å². The number of benzene rings is 1. The van der Waals surface area contributed by atoms with Crippen molar-refractivity contribution in [3.63, 3.8) is 0 Å². The molecule has 2 N–H and O–H groups in total. The van der Waals surface area contributed by atoms with Crippen LogP contribution in [-0.2, 0) is 35.0 Å². The highest BCUT2D eigenvalue weighted by Gasteiger charge is 2.53. The van der Waals surface area contributed by atoms with Gasteiger partial charge in [0.25, 0.3) is 5.91 Å². The van der Waals surface area contributed by atoms with Crippen molar-refractivity contribution in [2.45, 2.75) is 59.1 Å². The van der Waals surface area contributed by atoms with E-state index in [0.717, 1.165) is 10.5 Å². The van der Waals surface area contributed by atoms with Crippen molar-refractivity contribution >= 4 is 17.8 Å². The summed E-state index contributed by atoms with van der Waals surface area (Å²) < 4.78 is 17.2. The number of carboxylic acid groups (broad SMARTS) is 1. The number of allylic oxidation sites excluding steroid dienone is 1. The molecule has 9 heteroatoms. The number of carboxylic acids is 1. The number of ether oxygens (including phenoxy) is 3. The second-order valence-electron chi connectivity index (χ2n) is 7.77. The van der Waals surface area contributed by atoms with Crippen LogP contribution in [0.5, 0.6) is 0 Å². The fourth-order valence-electron chi connectivity index (χ4n) is 3.54. The number of amides is 2. The van der Waals surface area contributed by atoms with Gasteiger partial charge < -0.3 is 24.6 Å². The minimum absolute atomic E-state index is 0.0656. The Labute approximate surface area is 188 Å². The van der Waals surface area contributed by atoms with Crippen molar-refractivity contribution < 1.29 is 33.7 Å². The van der Waals surface area contributed by atoms with Gasteiger partial charge in [0.15, 0.2) is 18.1 Å². The molecule has 32 heavy (non-hydrogen) atoms. The van der Waals surface area contributed by atoms with Crippen LogP contribution in [0.4, 0.5) is 0 Å². The summed E-state index contributed by atoms with van der Waals surface area (Å²) in [5.74, 6) is -3.25. The van der Waals surface area contributed by atoms with Gasteiger partial charge in [0.05, 0.1) is 6.42 Å². The van der Waals surface area contributed by atoms with E-state index >= 15 is 0 Å². The number of hydrogen-bond acceptors (Lipinski definition) is 6. The first-order valence-electron chi connectivity index (χ1n) is 10.6. The summed E-state index contributed by atoms with van der Waals surface area (Å²) in [4.78, 5) is 38.3. The van der Waals surface area contributed by atoms with Crippen molar-refractivity contribution in [1.29, 1.82) is 0 Å². The average Bonchev–Trinajstić information content (AvgIpc) is 2.72. The zero-order valence-corrected chi connectivity index (χ0v) is 19.2. The zero-order chi connectivity index (χ0) is 23.9. The predicted molar refractivity (Wildman–Crippen MR) is 116 cm³/mol. The summed E-state index contributed by atoms with van der Waals surface area (Å²) in [6.45, 7) is 9.21. The third-order valence-electron chi connectivity index (χ3n) is 4.90. The minimum Gasteiger partial charge on any atom is -0.477 e. The van der Waals surface area contributed by atoms with Crippen LogP contribution >= 0.6 is 0 Å². The highest BCUT2D eigenvalue weighted by atomic mass is 16.7.